The zero-order valence-electron chi connectivity index (χ0n) is 10.8. The lowest BCUT2D eigenvalue weighted by Crippen LogP contribution is -2.49. The molecule has 0 fully saturated rings. The Labute approximate surface area is 102 Å². The van der Waals surface area contributed by atoms with Gasteiger partial charge >= 0.3 is 5.97 Å². The van der Waals surface area contributed by atoms with E-state index in [9.17, 15) is 9.59 Å². The van der Waals surface area contributed by atoms with E-state index in [0.717, 1.165) is 0 Å². The first kappa shape index (κ1) is 15.9. The highest BCUT2D eigenvalue weighted by molar-refractivity contribution is 5.81. The first-order chi connectivity index (χ1) is 7.90. The highest BCUT2D eigenvalue weighted by Crippen LogP contribution is 2.03. The Balaban J connectivity index is 4.02. The van der Waals surface area contributed by atoms with Gasteiger partial charge in [-0.15, -0.1) is 0 Å². The smallest absolute Gasteiger partial charge is 0.307 e. The number of methoxy groups -OCH3 is 1. The fraction of sp³-hybridized carbons (Fsp3) is 0.818. The molecular weight excluding hydrogens is 224 g/mol. The van der Waals surface area contributed by atoms with Crippen LogP contribution in [-0.2, 0) is 14.3 Å². The fourth-order valence-electron chi connectivity index (χ4n) is 1.26. The number of aliphatic carboxylic acids is 1. The second-order valence-corrected chi connectivity index (χ2v) is 4.09. The van der Waals surface area contributed by atoms with E-state index in [0.29, 0.717) is 13.2 Å². The van der Waals surface area contributed by atoms with E-state index in [-0.39, 0.29) is 11.9 Å². The molecule has 0 aromatic rings. The van der Waals surface area contributed by atoms with Crippen molar-refractivity contribution in [3.05, 3.63) is 0 Å². The van der Waals surface area contributed by atoms with Crippen molar-refractivity contribution in [3.63, 3.8) is 0 Å². The molecule has 0 spiro atoms. The summed E-state index contributed by atoms with van der Waals surface area (Å²) in [5.41, 5.74) is 0. The summed E-state index contributed by atoms with van der Waals surface area (Å²) in [4.78, 5) is 22.3. The molecule has 100 valence electrons. The van der Waals surface area contributed by atoms with Crippen molar-refractivity contribution in [2.45, 2.75) is 32.9 Å². The highest BCUT2D eigenvalue weighted by Gasteiger charge is 2.22. The normalized spacial score (nSPS) is 16.0. The molecule has 0 aliphatic carbocycles. The molecule has 0 saturated heterocycles. The van der Waals surface area contributed by atoms with E-state index < -0.39 is 17.9 Å². The molecular formula is C11H22N2O4. The van der Waals surface area contributed by atoms with Crippen molar-refractivity contribution in [3.8, 4) is 0 Å². The van der Waals surface area contributed by atoms with Crippen molar-refractivity contribution in [2.75, 3.05) is 20.3 Å². The molecule has 17 heavy (non-hydrogen) atoms. The standard InChI is InChI=1S/C11H22N2O4/c1-7(11(15)16)8(2)13-9(3)10(14)12-5-6-17-4/h7-9,13H,5-6H2,1-4H3,(H,12,14)(H,15,16). The van der Waals surface area contributed by atoms with Gasteiger partial charge in [-0.3, -0.25) is 9.59 Å². The zero-order chi connectivity index (χ0) is 13.4. The molecule has 0 saturated carbocycles. The topological polar surface area (TPSA) is 87.7 Å². The Morgan fingerprint density at radius 1 is 1.29 bits per heavy atom. The summed E-state index contributed by atoms with van der Waals surface area (Å²) in [6.07, 6.45) is 0. The van der Waals surface area contributed by atoms with E-state index in [1.165, 1.54) is 0 Å². The van der Waals surface area contributed by atoms with E-state index >= 15 is 0 Å². The van der Waals surface area contributed by atoms with Gasteiger partial charge in [0, 0.05) is 19.7 Å². The number of rotatable bonds is 8. The van der Waals surface area contributed by atoms with Gasteiger partial charge in [-0.2, -0.15) is 0 Å². The summed E-state index contributed by atoms with van der Waals surface area (Å²) < 4.78 is 4.81. The molecule has 0 aliphatic rings. The number of hydrogen-bond donors (Lipinski definition) is 3. The molecule has 0 aliphatic heterocycles. The largest absolute Gasteiger partial charge is 0.481 e. The van der Waals surface area contributed by atoms with Crippen LogP contribution in [0.3, 0.4) is 0 Å². The van der Waals surface area contributed by atoms with Crippen LogP contribution in [0, 0.1) is 5.92 Å². The number of ether oxygens (including phenoxy) is 1. The van der Waals surface area contributed by atoms with Crippen molar-refractivity contribution < 1.29 is 19.4 Å². The van der Waals surface area contributed by atoms with Gasteiger partial charge in [0.15, 0.2) is 0 Å². The first-order valence-electron chi connectivity index (χ1n) is 5.65. The predicted molar refractivity (Wildman–Crippen MR) is 63.7 cm³/mol. The van der Waals surface area contributed by atoms with E-state index in [4.69, 9.17) is 9.84 Å². The molecule has 0 aromatic heterocycles. The number of hydrogen-bond acceptors (Lipinski definition) is 4. The first-order valence-corrected chi connectivity index (χ1v) is 5.65. The van der Waals surface area contributed by atoms with Crippen molar-refractivity contribution in [1.82, 2.24) is 10.6 Å². The number of carboxylic acid groups (broad SMARTS) is 1. The van der Waals surface area contributed by atoms with Gasteiger partial charge in [0.05, 0.1) is 18.6 Å². The van der Waals surface area contributed by atoms with Crippen LogP contribution in [0.1, 0.15) is 20.8 Å². The van der Waals surface area contributed by atoms with Crippen LogP contribution in [0.15, 0.2) is 0 Å². The monoisotopic (exact) mass is 246 g/mol. The SMILES string of the molecule is COCCNC(=O)C(C)NC(C)C(C)C(=O)O. The van der Waals surface area contributed by atoms with Gasteiger partial charge < -0.3 is 20.5 Å². The van der Waals surface area contributed by atoms with Crippen LogP contribution in [0.4, 0.5) is 0 Å². The summed E-state index contributed by atoms with van der Waals surface area (Å²) in [5.74, 6) is -1.58. The minimum Gasteiger partial charge on any atom is -0.481 e. The molecule has 0 aromatic carbocycles. The summed E-state index contributed by atoms with van der Waals surface area (Å²) in [5, 5.41) is 14.5. The molecule has 0 rings (SSSR count). The van der Waals surface area contributed by atoms with Crippen LogP contribution < -0.4 is 10.6 Å². The number of carbonyl (C=O) groups is 2. The predicted octanol–water partition coefficient (Wildman–Crippen LogP) is -0.164. The fourth-order valence-corrected chi connectivity index (χ4v) is 1.26. The molecule has 3 unspecified atom stereocenters. The molecule has 3 atom stereocenters. The molecule has 0 heterocycles. The lowest BCUT2D eigenvalue weighted by atomic mass is 10.0. The molecule has 6 nitrogen and oxygen atoms in total. The lowest BCUT2D eigenvalue weighted by Gasteiger charge is -2.22. The molecule has 6 heteroatoms. The van der Waals surface area contributed by atoms with Gasteiger partial charge in [0.2, 0.25) is 5.91 Å². The molecule has 0 radical (unpaired) electrons. The average Bonchev–Trinajstić information content (AvgIpc) is 2.27. The summed E-state index contributed by atoms with van der Waals surface area (Å²) >= 11 is 0. The number of carboxylic acids is 1. The van der Waals surface area contributed by atoms with E-state index in [1.807, 2.05) is 0 Å². The van der Waals surface area contributed by atoms with Gasteiger partial charge in [0.25, 0.3) is 0 Å². The van der Waals surface area contributed by atoms with Gasteiger partial charge in [-0.1, -0.05) is 6.92 Å². The average molecular weight is 246 g/mol. The third kappa shape index (κ3) is 6.23. The van der Waals surface area contributed by atoms with Crippen LogP contribution >= 0.6 is 0 Å². The maximum absolute atomic E-state index is 11.6. The van der Waals surface area contributed by atoms with Crippen molar-refractivity contribution in [2.24, 2.45) is 5.92 Å². The summed E-state index contributed by atoms with van der Waals surface area (Å²) in [6.45, 7) is 5.96. The minimum atomic E-state index is -0.878. The van der Waals surface area contributed by atoms with Gasteiger partial charge in [-0.05, 0) is 13.8 Å². The maximum atomic E-state index is 11.6. The third-order valence-electron chi connectivity index (χ3n) is 2.65. The number of amides is 1. The van der Waals surface area contributed by atoms with Crippen molar-refractivity contribution in [1.29, 1.82) is 0 Å². The maximum Gasteiger partial charge on any atom is 0.307 e. The van der Waals surface area contributed by atoms with Gasteiger partial charge in [0.1, 0.15) is 0 Å². The third-order valence-corrected chi connectivity index (χ3v) is 2.65. The zero-order valence-corrected chi connectivity index (χ0v) is 10.8. The van der Waals surface area contributed by atoms with Crippen LogP contribution in [0.2, 0.25) is 0 Å². The lowest BCUT2D eigenvalue weighted by molar-refractivity contribution is -0.142. The number of carbonyl (C=O) groups excluding carboxylic acids is 1. The van der Waals surface area contributed by atoms with Crippen LogP contribution in [0.25, 0.3) is 0 Å². The molecule has 3 N–H and O–H groups in total. The minimum absolute atomic E-state index is 0.161. The van der Waals surface area contributed by atoms with E-state index in [2.05, 4.69) is 10.6 Å². The molecule has 1 amide bonds. The second-order valence-electron chi connectivity index (χ2n) is 4.09. The van der Waals surface area contributed by atoms with E-state index in [1.54, 1.807) is 27.9 Å². The summed E-state index contributed by atoms with van der Waals surface area (Å²) in [6, 6.07) is -0.695. The van der Waals surface area contributed by atoms with Crippen molar-refractivity contribution >= 4 is 11.9 Å². The highest BCUT2D eigenvalue weighted by atomic mass is 16.5. The van der Waals surface area contributed by atoms with Gasteiger partial charge in [-0.25, -0.2) is 0 Å². The Morgan fingerprint density at radius 2 is 1.88 bits per heavy atom. The Bertz CT molecular complexity index is 258. The number of nitrogens with one attached hydrogen (secondary N) is 2. The van der Waals surface area contributed by atoms with Crippen LogP contribution in [-0.4, -0.2) is 49.3 Å². The Kier molecular flexibility index (Phi) is 7.49. The summed E-state index contributed by atoms with van der Waals surface area (Å²) in [7, 11) is 1.56. The quantitative estimate of drug-likeness (QED) is 0.518. The Morgan fingerprint density at radius 3 is 2.35 bits per heavy atom. The second kappa shape index (κ2) is 8.03. The molecule has 0 bridgehead atoms. The Hall–Kier alpha value is -1.14. The van der Waals surface area contributed by atoms with Crippen LogP contribution in [0.5, 0.6) is 0 Å².